The Hall–Kier alpha value is -8.48. The number of phosphoric acid groups is 1. The first-order valence-electron chi connectivity index (χ1n) is 24.4. The number of hydrogen-bond donors (Lipinski definition) is 2. The highest BCUT2D eigenvalue weighted by molar-refractivity contribution is 7.48. The largest absolute Gasteiger partial charge is 0.530 e. The molecule has 0 heterocycles. The first kappa shape index (κ1) is 52.8. The fourth-order valence-electron chi connectivity index (χ4n) is 7.61. The molecule has 0 fully saturated rings. The van der Waals surface area contributed by atoms with Crippen LogP contribution in [0, 0.1) is 0 Å². The second-order valence-corrected chi connectivity index (χ2v) is 18.9. The number of alkyl carbamates (subject to hydrolysis) is 1. The number of nitrogens with one attached hydrogen (secondary N) is 2. The molecular formula is C61H57N2O11P. The quantitative estimate of drug-likeness (QED) is 0.0393. The number of rotatable bonds is 26. The maximum atomic E-state index is 14.7. The highest BCUT2D eigenvalue weighted by atomic mass is 31.2. The van der Waals surface area contributed by atoms with Gasteiger partial charge in [0.2, 0.25) is 5.91 Å². The molecule has 2 amide bonds. The Labute approximate surface area is 437 Å². The van der Waals surface area contributed by atoms with Gasteiger partial charge in [-0.25, -0.2) is 14.2 Å². The van der Waals surface area contributed by atoms with Gasteiger partial charge in [-0.3, -0.25) is 13.8 Å². The molecule has 8 aromatic rings. The van der Waals surface area contributed by atoms with Crippen LogP contribution in [0.1, 0.15) is 44.5 Å². The van der Waals surface area contributed by atoms with Gasteiger partial charge in [0.05, 0.1) is 13.2 Å². The number of amides is 2. The molecule has 2 atom stereocenters. The van der Waals surface area contributed by atoms with Crippen LogP contribution in [0.5, 0.6) is 17.2 Å². The van der Waals surface area contributed by atoms with Gasteiger partial charge in [-0.05, 0) is 68.8 Å². The van der Waals surface area contributed by atoms with E-state index in [0.29, 0.717) is 23.5 Å². The minimum absolute atomic E-state index is 0.0342. The highest BCUT2D eigenvalue weighted by Gasteiger charge is 2.32. The minimum atomic E-state index is -4.37. The molecule has 2 N–H and O–H groups in total. The molecule has 0 bridgehead atoms. The summed E-state index contributed by atoms with van der Waals surface area (Å²) in [6, 6.07) is 65.5. The van der Waals surface area contributed by atoms with Crippen LogP contribution >= 0.6 is 7.82 Å². The lowest BCUT2D eigenvalue weighted by Gasteiger charge is -2.24. The summed E-state index contributed by atoms with van der Waals surface area (Å²) in [5.74, 6) is -0.579. The molecule has 0 unspecified atom stereocenters. The third kappa shape index (κ3) is 17.3. The number of esters is 1. The zero-order chi connectivity index (χ0) is 51.9. The Morgan fingerprint density at radius 3 is 1.29 bits per heavy atom. The molecule has 0 saturated carbocycles. The van der Waals surface area contributed by atoms with Gasteiger partial charge in [-0.1, -0.05) is 200 Å². The van der Waals surface area contributed by atoms with E-state index in [1.807, 2.05) is 194 Å². The summed E-state index contributed by atoms with van der Waals surface area (Å²) in [4.78, 5) is 42.4. The number of hydrogen-bond acceptors (Lipinski definition) is 11. The molecule has 0 spiro atoms. The second kappa shape index (κ2) is 27.5. The summed E-state index contributed by atoms with van der Waals surface area (Å²) in [7, 11) is -4.37. The van der Waals surface area contributed by atoms with E-state index >= 15 is 0 Å². The molecule has 14 heteroatoms. The maximum Gasteiger partial charge on any atom is 0.530 e. The smallest absolute Gasteiger partial charge is 0.489 e. The van der Waals surface area contributed by atoms with Gasteiger partial charge < -0.3 is 34.1 Å². The predicted octanol–water partition coefficient (Wildman–Crippen LogP) is 12.1. The van der Waals surface area contributed by atoms with Crippen LogP contribution in [0.25, 0.3) is 0 Å². The topological polar surface area (TPSA) is 157 Å². The standard InChI is InChI=1S/C61H57N2O11P/c64-59(62-56(60(65)70-42-49-23-11-3-12-24-49)37-46-31-34-54(35-32-46)68-40-47-19-7-1-8-20-47)55(63-61(66)71-43-50-25-13-4-14-26-50)38-53-33-36-57(58(39-53)69-41-48-21-9-2-10-22-48)74-75(67,72-44-51-27-15-5-16-28-51)73-45-52-29-17-6-18-30-52/h1-36,39,55-56H,37-38,40-45H2,(H,62,64)(H,63,66)/t55-,56-/m0/s1. The SMILES string of the molecule is O=C(N[C@@H](Cc1ccc(OP(=O)(OCc2ccccc2)OCc2ccccc2)c(OCc2ccccc2)c1)C(=O)N[C@@H](Cc1ccc(OCc2ccccc2)cc1)C(=O)OCc1ccccc1)OCc1ccccc1. The van der Waals surface area contributed by atoms with Gasteiger partial charge in [0.25, 0.3) is 0 Å². The van der Waals surface area contributed by atoms with Gasteiger partial charge in [-0.15, -0.1) is 0 Å². The van der Waals surface area contributed by atoms with Gasteiger partial charge in [0, 0.05) is 12.8 Å². The van der Waals surface area contributed by atoms with Crippen molar-refractivity contribution in [3.63, 3.8) is 0 Å². The van der Waals surface area contributed by atoms with Crippen LogP contribution in [0.4, 0.5) is 4.79 Å². The summed E-state index contributed by atoms with van der Waals surface area (Å²) in [6.45, 7) is 0.195. The lowest BCUT2D eigenvalue weighted by molar-refractivity contribution is -0.149. The van der Waals surface area contributed by atoms with Crippen molar-refractivity contribution in [3.05, 3.63) is 269 Å². The Balaban J connectivity index is 1.06. The normalized spacial score (nSPS) is 11.8. The Kier molecular flexibility index (Phi) is 19.4. The van der Waals surface area contributed by atoms with E-state index in [2.05, 4.69) is 10.6 Å². The Morgan fingerprint density at radius 2 is 0.800 bits per heavy atom. The molecule has 382 valence electrons. The lowest BCUT2D eigenvalue weighted by atomic mass is 10.0. The predicted molar refractivity (Wildman–Crippen MR) is 284 cm³/mol. The van der Waals surface area contributed by atoms with Crippen LogP contribution in [0.2, 0.25) is 0 Å². The van der Waals surface area contributed by atoms with Crippen LogP contribution in [0.15, 0.2) is 224 Å². The van der Waals surface area contributed by atoms with Gasteiger partial charge in [0.15, 0.2) is 11.5 Å². The van der Waals surface area contributed by atoms with E-state index in [1.54, 1.807) is 30.3 Å². The number of phosphoric ester groups is 1. The number of carbonyl (C=O) groups excluding carboxylic acids is 3. The molecule has 0 radical (unpaired) electrons. The molecule has 0 saturated heterocycles. The molecule has 8 aromatic carbocycles. The number of carbonyl (C=O) groups is 3. The summed E-state index contributed by atoms with van der Waals surface area (Å²) < 4.78 is 56.5. The second-order valence-electron chi connectivity index (χ2n) is 17.4. The van der Waals surface area contributed by atoms with Crippen LogP contribution in [0.3, 0.4) is 0 Å². The monoisotopic (exact) mass is 1020 g/mol. The third-order valence-corrected chi connectivity index (χ3v) is 12.9. The van der Waals surface area contributed by atoms with Crippen molar-refractivity contribution in [2.75, 3.05) is 0 Å². The minimum Gasteiger partial charge on any atom is -0.489 e. The number of benzene rings is 8. The lowest BCUT2D eigenvalue weighted by Crippen LogP contribution is -2.53. The molecule has 0 aliphatic rings. The summed E-state index contributed by atoms with van der Waals surface area (Å²) in [6.07, 6.45) is -0.952. The molecule has 0 aliphatic carbocycles. The highest BCUT2D eigenvalue weighted by Crippen LogP contribution is 2.53. The average molecular weight is 1030 g/mol. The van der Waals surface area contributed by atoms with Crippen LogP contribution in [-0.4, -0.2) is 30.1 Å². The fraction of sp³-hybridized carbons (Fsp3) is 0.164. The summed E-state index contributed by atoms with van der Waals surface area (Å²) in [5, 5.41) is 5.61. The van der Waals surface area contributed by atoms with Crippen molar-refractivity contribution in [1.29, 1.82) is 0 Å². The molecule has 0 aliphatic heterocycles. The van der Waals surface area contributed by atoms with Gasteiger partial charge in [-0.2, -0.15) is 0 Å². The van der Waals surface area contributed by atoms with E-state index < -0.39 is 37.9 Å². The third-order valence-electron chi connectivity index (χ3n) is 11.6. The van der Waals surface area contributed by atoms with Gasteiger partial charge in [0.1, 0.15) is 44.3 Å². The zero-order valence-corrected chi connectivity index (χ0v) is 42.0. The Morgan fingerprint density at radius 1 is 0.387 bits per heavy atom. The zero-order valence-electron chi connectivity index (χ0n) is 41.1. The van der Waals surface area contributed by atoms with Crippen molar-refractivity contribution < 1.29 is 51.5 Å². The van der Waals surface area contributed by atoms with Crippen LogP contribution < -0.4 is 24.6 Å². The van der Waals surface area contributed by atoms with E-state index in [-0.39, 0.29) is 57.4 Å². The van der Waals surface area contributed by atoms with Crippen molar-refractivity contribution in [2.45, 2.75) is 64.6 Å². The van der Waals surface area contributed by atoms with Crippen molar-refractivity contribution in [2.24, 2.45) is 0 Å². The molecule has 75 heavy (non-hydrogen) atoms. The van der Waals surface area contributed by atoms with E-state index in [1.165, 1.54) is 0 Å². The molecule has 0 aromatic heterocycles. The summed E-state index contributed by atoms with van der Waals surface area (Å²) >= 11 is 0. The van der Waals surface area contributed by atoms with E-state index in [9.17, 15) is 18.9 Å². The first-order chi connectivity index (χ1) is 36.7. The van der Waals surface area contributed by atoms with E-state index in [0.717, 1.165) is 33.4 Å². The fourth-order valence-corrected chi connectivity index (χ4v) is 8.80. The van der Waals surface area contributed by atoms with Gasteiger partial charge >= 0.3 is 19.9 Å². The van der Waals surface area contributed by atoms with Crippen LogP contribution in [-0.2, 0) is 85.2 Å². The van der Waals surface area contributed by atoms with Crippen molar-refractivity contribution in [1.82, 2.24) is 10.6 Å². The maximum absolute atomic E-state index is 14.7. The van der Waals surface area contributed by atoms with Crippen molar-refractivity contribution in [3.8, 4) is 17.2 Å². The molecular weight excluding hydrogens is 968 g/mol. The first-order valence-corrected chi connectivity index (χ1v) is 25.9. The summed E-state index contributed by atoms with van der Waals surface area (Å²) in [5.41, 5.74) is 6.03. The molecule has 8 rings (SSSR count). The number of ether oxygens (including phenoxy) is 4. The van der Waals surface area contributed by atoms with Crippen molar-refractivity contribution >= 4 is 25.8 Å². The Bertz CT molecular complexity index is 3020. The average Bonchev–Trinajstić information content (AvgIpc) is 3.46. The van der Waals surface area contributed by atoms with E-state index in [4.69, 9.17) is 32.5 Å². The molecule has 13 nitrogen and oxygen atoms in total.